The van der Waals surface area contributed by atoms with E-state index in [4.69, 9.17) is 9.47 Å². The van der Waals surface area contributed by atoms with Crippen molar-refractivity contribution >= 4 is 17.2 Å². The van der Waals surface area contributed by atoms with E-state index in [2.05, 4.69) is 4.98 Å². The molecule has 0 radical (unpaired) electrons. The molecular formula is C19H22N2O3S. The minimum Gasteiger partial charge on any atom is -0.491 e. The first-order chi connectivity index (χ1) is 12.3. The molecule has 2 atom stereocenters. The van der Waals surface area contributed by atoms with Crippen LogP contribution in [-0.4, -0.2) is 48.2 Å². The van der Waals surface area contributed by atoms with E-state index in [0.29, 0.717) is 19.6 Å². The molecule has 132 valence electrons. The summed E-state index contributed by atoms with van der Waals surface area (Å²) in [4.78, 5) is 19.9. The molecule has 4 heterocycles. The fourth-order valence-electron chi connectivity index (χ4n) is 3.80. The number of carbonyl (C=O) groups excluding carboxylic acids is 1. The number of ether oxygens (including phenoxy) is 2. The highest BCUT2D eigenvalue weighted by Gasteiger charge is 2.49. The molecule has 0 saturated carbocycles. The predicted molar refractivity (Wildman–Crippen MR) is 95.7 cm³/mol. The van der Waals surface area contributed by atoms with E-state index in [0.717, 1.165) is 36.6 Å². The molecule has 2 aromatic rings. The first-order valence-electron chi connectivity index (χ1n) is 8.70. The standard InChI is InChI=1S/C19H22N2O3S/c22-18(11-16-4-2-10-25-16)21-8-5-17-19(13-21,6-9-23-17)14-24-15-3-1-7-20-12-15/h1-4,7,10,12,17H,5-6,8-9,11,13-14H2/t17-,19+/m1/s1. The summed E-state index contributed by atoms with van der Waals surface area (Å²) < 4.78 is 12.0. The summed E-state index contributed by atoms with van der Waals surface area (Å²) in [6.45, 7) is 2.78. The van der Waals surface area contributed by atoms with Gasteiger partial charge in [-0.2, -0.15) is 0 Å². The average molecular weight is 358 g/mol. The minimum atomic E-state index is -0.112. The van der Waals surface area contributed by atoms with Crippen LogP contribution in [0.4, 0.5) is 0 Å². The van der Waals surface area contributed by atoms with Crippen molar-refractivity contribution in [1.82, 2.24) is 9.88 Å². The number of hydrogen-bond acceptors (Lipinski definition) is 5. The Morgan fingerprint density at radius 1 is 1.44 bits per heavy atom. The van der Waals surface area contributed by atoms with Gasteiger partial charge < -0.3 is 14.4 Å². The highest BCUT2D eigenvalue weighted by Crippen LogP contribution is 2.41. The van der Waals surface area contributed by atoms with Crippen molar-refractivity contribution in [3.8, 4) is 5.75 Å². The first-order valence-corrected chi connectivity index (χ1v) is 9.58. The molecule has 0 aromatic carbocycles. The molecule has 2 aliphatic heterocycles. The molecule has 6 heteroatoms. The van der Waals surface area contributed by atoms with Crippen LogP contribution in [0.5, 0.6) is 5.75 Å². The van der Waals surface area contributed by atoms with E-state index < -0.39 is 0 Å². The van der Waals surface area contributed by atoms with Gasteiger partial charge in [-0.3, -0.25) is 9.78 Å². The largest absolute Gasteiger partial charge is 0.491 e. The maximum atomic E-state index is 12.7. The molecule has 0 aliphatic carbocycles. The zero-order valence-corrected chi connectivity index (χ0v) is 14.9. The van der Waals surface area contributed by atoms with Crippen LogP contribution in [0, 0.1) is 5.41 Å². The second-order valence-corrected chi connectivity index (χ2v) is 7.84. The van der Waals surface area contributed by atoms with E-state index in [1.165, 1.54) is 0 Å². The molecule has 25 heavy (non-hydrogen) atoms. The van der Waals surface area contributed by atoms with Crippen LogP contribution >= 0.6 is 11.3 Å². The summed E-state index contributed by atoms with van der Waals surface area (Å²) in [6.07, 6.45) is 5.94. The zero-order chi connectivity index (χ0) is 17.1. The minimum absolute atomic E-state index is 0.112. The molecule has 5 nitrogen and oxygen atoms in total. The lowest BCUT2D eigenvalue weighted by molar-refractivity contribution is -0.137. The molecule has 2 saturated heterocycles. The van der Waals surface area contributed by atoms with Gasteiger partial charge >= 0.3 is 0 Å². The second-order valence-electron chi connectivity index (χ2n) is 6.81. The van der Waals surface area contributed by atoms with E-state index >= 15 is 0 Å². The van der Waals surface area contributed by atoms with Crippen LogP contribution < -0.4 is 4.74 Å². The van der Waals surface area contributed by atoms with Crippen molar-refractivity contribution in [3.63, 3.8) is 0 Å². The third kappa shape index (κ3) is 3.55. The third-order valence-electron chi connectivity index (χ3n) is 5.19. The van der Waals surface area contributed by atoms with Crippen LogP contribution in [0.1, 0.15) is 17.7 Å². The first kappa shape index (κ1) is 16.5. The second kappa shape index (κ2) is 7.14. The lowest BCUT2D eigenvalue weighted by atomic mass is 9.77. The van der Waals surface area contributed by atoms with Crippen LogP contribution in [0.3, 0.4) is 0 Å². The number of amides is 1. The maximum absolute atomic E-state index is 12.7. The molecule has 1 amide bonds. The Bertz CT molecular complexity index is 707. The van der Waals surface area contributed by atoms with Gasteiger partial charge in [-0.25, -0.2) is 0 Å². The van der Waals surface area contributed by atoms with Gasteiger partial charge in [0.1, 0.15) is 5.75 Å². The lowest BCUT2D eigenvalue weighted by Crippen LogP contribution is -2.54. The molecule has 2 fully saturated rings. The van der Waals surface area contributed by atoms with E-state index in [1.807, 2.05) is 34.5 Å². The Morgan fingerprint density at radius 3 is 3.20 bits per heavy atom. The fourth-order valence-corrected chi connectivity index (χ4v) is 4.50. The molecule has 0 unspecified atom stereocenters. The van der Waals surface area contributed by atoms with E-state index in [1.54, 1.807) is 23.7 Å². The number of aromatic nitrogens is 1. The molecule has 0 spiro atoms. The van der Waals surface area contributed by atoms with Crippen molar-refractivity contribution in [1.29, 1.82) is 0 Å². The number of pyridine rings is 1. The molecule has 2 aliphatic rings. The van der Waals surface area contributed by atoms with Crippen LogP contribution in [0.2, 0.25) is 0 Å². The monoisotopic (exact) mass is 358 g/mol. The Hall–Kier alpha value is -1.92. The molecular weight excluding hydrogens is 336 g/mol. The maximum Gasteiger partial charge on any atom is 0.227 e. The van der Waals surface area contributed by atoms with Crippen LogP contribution in [-0.2, 0) is 16.0 Å². The number of piperidine rings is 1. The van der Waals surface area contributed by atoms with Crippen molar-refractivity contribution < 1.29 is 14.3 Å². The van der Waals surface area contributed by atoms with Gasteiger partial charge in [0.2, 0.25) is 5.91 Å². The number of rotatable bonds is 5. The van der Waals surface area contributed by atoms with E-state index in [-0.39, 0.29) is 17.4 Å². The van der Waals surface area contributed by atoms with Crippen molar-refractivity contribution in [2.45, 2.75) is 25.4 Å². The molecule has 0 bridgehead atoms. The summed E-state index contributed by atoms with van der Waals surface area (Å²) in [5.41, 5.74) is -0.112. The Kier molecular flexibility index (Phi) is 4.72. The summed E-state index contributed by atoms with van der Waals surface area (Å²) in [5, 5.41) is 2.02. The van der Waals surface area contributed by atoms with Gasteiger partial charge in [0.15, 0.2) is 0 Å². The van der Waals surface area contributed by atoms with Gasteiger partial charge in [-0.15, -0.1) is 11.3 Å². The third-order valence-corrected chi connectivity index (χ3v) is 6.06. The zero-order valence-electron chi connectivity index (χ0n) is 14.1. The van der Waals surface area contributed by atoms with Crippen molar-refractivity contribution in [3.05, 3.63) is 46.9 Å². The van der Waals surface area contributed by atoms with Gasteiger partial charge in [-0.1, -0.05) is 6.07 Å². The number of likely N-dealkylation sites (tertiary alicyclic amines) is 1. The van der Waals surface area contributed by atoms with Gasteiger partial charge in [0.05, 0.1) is 30.7 Å². The SMILES string of the molecule is O=C(Cc1cccs1)N1CC[C@H]2OCC[C@@]2(COc2cccnc2)C1. The van der Waals surface area contributed by atoms with E-state index in [9.17, 15) is 4.79 Å². The van der Waals surface area contributed by atoms with Gasteiger partial charge in [-0.05, 0) is 36.4 Å². The number of hydrogen-bond donors (Lipinski definition) is 0. The number of carbonyl (C=O) groups is 1. The molecule has 4 rings (SSSR count). The molecule has 2 aromatic heterocycles. The van der Waals surface area contributed by atoms with Gasteiger partial charge in [0, 0.05) is 30.8 Å². The predicted octanol–water partition coefficient (Wildman–Crippen LogP) is 2.77. The Labute approximate surface area is 151 Å². The quantitative estimate of drug-likeness (QED) is 0.825. The summed E-state index contributed by atoms with van der Waals surface area (Å²) in [6, 6.07) is 7.80. The normalized spacial score (nSPS) is 25.6. The van der Waals surface area contributed by atoms with Crippen LogP contribution in [0.25, 0.3) is 0 Å². The topological polar surface area (TPSA) is 51.7 Å². The highest BCUT2D eigenvalue weighted by molar-refractivity contribution is 7.10. The van der Waals surface area contributed by atoms with Crippen LogP contribution in [0.15, 0.2) is 42.0 Å². The Balaban J connectivity index is 1.44. The van der Waals surface area contributed by atoms with Gasteiger partial charge in [0.25, 0.3) is 0 Å². The molecule has 0 N–H and O–H groups in total. The summed E-state index contributed by atoms with van der Waals surface area (Å²) in [5.74, 6) is 0.970. The highest BCUT2D eigenvalue weighted by atomic mass is 32.1. The lowest BCUT2D eigenvalue weighted by Gasteiger charge is -2.43. The number of fused-ring (bicyclic) bond motifs is 1. The summed E-state index contributed by atoms with van der Waals surface area (Å²) in [7, 11) is 0. The smallest absolute Gasteiger partial charge is 0.227 e. The fraction of sp³-hybridized carbons (Fsp3) is 0.474. The number of thiophene rings is 1. The van der Waals surface area contributed by atoms with Crippen molar-refractivity contribution in [2.24, 2.45) is 5.41 Å². The Morgan fingerprint density at radius 2 is 2.40 bits per heavy atom. The number of nitrogens with zero attached hydrogens (tertiary/aromatic N) is 2. The van der Waals surface area contributed by atoms with Crippen molar-refractivity contribution in [2.75, 3.05) is 26.3 Å². The average Bonchev–Trinajstić information content (AvgIpc) is 3.30. The summed E-state index contributed by atoms with van der Waals surface area (Å²) >= 11 is 1.64.